The summed E-state index contributed by atoms with van der Waals surface area (Å²) in [5.41, 5.74) is 0. The van der Waals surface area contributed by atoms with Crippen molar-refractivity contribution in [3.05, 3.63) is 17.0 Å². The third-order valence-corrected chi connectivity index (χ3v) is 3.53. The predicted octanol–water partition coefficient (Wildman–Crippen LogP) is 2.76. The monoisotopic (exact) mass is 269 g/mol. The van der Waals surface area contributed by atoms with Crippen LogP contribution in [-0.4, -0.2) is 30.2 Å². The van der Waals surface area contributed by atoms with Gasteiger partial charge in [0, 0.05) is 26.3 Å². The first-order valence-electron chi connectivity index (χ1n) is 6.42. The minimum Gasteiger partial charge on any atom is -0.374 e. The van der Waals surface area contributed by atoms with Crippen LogP contribution in [0.5, 0.6) is 0 Å². The second-order valence-electron chi connectivity index (χ2n) is 4.96. The Morgan fingerprint density at radius 2 is 2.22 bits per heavy atom. The molecule has 0 amide bonds. The molecule has 0 spiro atoms. The van der Waals surface area contributed by atoms with E-state index in [0.717, 1.165) is 24.2 Å². The molecular weight excluding hydrogens is 250 g/mol. The smallest absolute Gasteiger partial charge is 0.158 e. The zero-order valence-corrected chi connectivity index (χ0v) is 11.9. The fourth-order valence-electron chi connectivity index (χ4n) is 2.00. The molecule has 2 rings (SSSR count). The number of halogens is 1. The molecule has 0 aliphatic heterocycles. The van der Waals surface area contributed by atoms with Crippen molar-refractivity contribution in [2.45, 2.75) is 26.9 Å². The highest BCUT2D eigenvalue weighted by atomic mass is 35.5. The summed E-state index contributed by atoms with van der Waals surface area (Å²) >= 11 is 6.02. The molecule has 0 aromatic carbocycles. The van der Waals surface area contributed by atoms with Gasteiger partial charge in [-0.15, -0.1) is 0 Å². The zero-order valence-electron chi connectivity index (χ0n) is 11.2. The molecule has 0 radical (unpaired) electrons. The van der Waals surface area contributed by atoms with Gasteiger partial charge in [-0.2, -0.15) is 0 Å². The minimum atomic E-state index is 0.414. The summed E-state index contributed by atoms with van der Waals surface area (Å²) in [5.74, 6) is 3.16. The Balaban J connectivity index is 2.03. The summed E-state index contributed by atoms with van der Waals surface area (Å²) in [5, 5.41) is 0.477. The van der Waals surface area contributed by atoms with Crippen molar-refractivity contribution in [1.82, 2.24) is 9.97 Å². The lowest BCUT2D eigenvalue weighted by Gasteiger charge is -2.18. The first-order chi connectivity index (χ1) is 8.60. The van der Waals surface area contributed by atoms with Crippen LogP contribution in [0.4, 0.5) is 5.82 Å². The van der Waals surface area contributed by atoms with E-state index >= 15 is 0 Å². The summed E-state index contributed by atoms with van der Waals surface area (Å²) in [7, 11) is 2.05. The number of ether oxygens (including phenoxy) is 1. The molecule has 1 aromatic heterocycles. The topological polar surface area (TPSA) is 38.2 Å². The second kappa shape index (κ2) is 5.85. The Bertz CT molecular complexity index is 413. The quantitative estimate of drug-likeness (QED) is 0.745. The number of anilines is 1. The maximum Gasteiger partial charge on any atom is 0.158 e. The van der Waals surface area contributed by atoms with E-state index in [9.17, 15) is 0 Å². The summed E-state index contributed by atoms with van der Waals surface area (Å²) in [6, 6.07) is 1.81. The molecule has 5 heteroatoms. The molecule has 0 N–H and O–H groups in total. The first kappa shape index (κ1) is 13.6. The fraction of sp³-hybridized carbons (Fsp3) is 0.692. The van der Waals surface area contributed by atoms with Gasteiger partial charge in [0.2, 0.25) is 0 Å². The maximum absolute atomic E-state index is 6.02. The molecule has 2 unspecified atom stereocenters. The first-order valence-corrected chi connectivity index (χ1v) is 6.80. The molecule has 2 atom stereocenters. The van der Waals surface area contributed by atoms with E-state index in [1.165, 1.54) is 6.42 Å². The van der Waals surface area contributed by atoms with Gasteiger partial charge in [-0.25, -0.2) is 9.97 Å². The second-order valence-corrected chi connectivity index (χ2v) is 5.34. The van der Waals surface area contributed by atoms with Crippen LogP contribution >= 0.6 is 11.6 Å². The third-order valence-electron chi connectivity index (χ3n) is 3.34. The Labute approximate surface area is 113 Å². The van der Waals surface area contributed by atoms with Gasteiger partial charge in [-0.3, -0.25) is 0 Å². The molecule has 0 saturated heterocycles. The van der Waals surface area contributed by atoms with Crippen LogP contribution < -0.4 is 4.90 Å². The lowest BCUT2D eigenvalue weighted by molar-refractivity contribution is 0.128. The van der Waals surface area contributed by atoms with E-state index in [1.807, 2.05) is 20.0 Å². The van der Waals surface area contributed by atoms with Crippen molar-refractivity contribution in [1.29, 1.82) is 0 Å². The van der Waals surface area contributed by atoms with Crippen LogP contribution in [0, 0.1) is 11.8 Å². The fourth-order valence-corrected chi connectivity index (χ4v) is 2.20. The van der Waals surface area contributed by atoms with Gasteiger partial charge in [0.05, 0.1) is 0 Å². The lowest BCUT2D eigenvalue weighted by Crippen LogP contribution is -2.22. The van der Waals surface area contributed by atoms with Crippen molar-refractivity contribution in [3.8, 4) is 0 Å². The highest BCUT2D eigenvalue weighted by Gasteiger charge is 2.33. The van der Waals surface area contributed by atoms with Gasteiger partial charge in [-0.05, 0) is 25.2 Å². The van der Waals surface area contributed by atoms with Gasteiger partial charge >= 0.3 is 0 Å². The van der Waals surface area contributed by atoms with Crippen LogP contribution in [0.25, 0.3) is 0 Å². The highest BCUT2D eigenvalue weighted by molar-refractivity contribution is 6.29. The average Bonchev–Trinajstić information content (AvgIpc) is 3.01. The highest BCUT2D eigenvalue weighted by Crippen LogP contribution is 2.38. The average molecular weight is 270 g/mol. The van der Waals surface area contributed by atoms with Crippen molar-refractivity contribution >= 4 is 17.4 Å². The van der Waals surface area contributed by atoms with Gasteiger partial charge in [0.25, 0.3) is 0 Å². The standard InChI is InChI=1S/C13H20ClN3O/c1-4-18-8-12-15-11(14)6-13(16-12)17(3)7-10-5-9(10)2/h6,9-10H,4-5,7-8H2,1-3H3. The SMILES string of the molecule is CCOCc1nc(Cl)cc(N(C)CC2CC2C)n1. The molecule has 1 aromatic rings. The molecule has 1 heterocycles. The summed E-state index contributed by atoms with van der Waals surface area (Å²) in [6.45, 7) is 6.33. The Kier molecular flexibility index (Phi) is 4.40. The molecule has 100 valence electrons. The molecule has 1 fully saturated rings. The van der Waals surface area contributed by atoms with Crippen LogP contribution in [-0.2, 0) is 11.3 Å². The van der Waals surface area contributed by atoms with E-state index < -0.39 is 0 Å². The summed E-state index contributed by atoms with van der Waals surface area (Å²) in [4.78, 5) is 10.8. The van der Waals surface area contributed by atoms with Crippen molar-refractivity contribution in [2.75, 3.05) is 25.1 Å². The van der Waals surface area contributed by atoms with Crippen molar-refractivity contribution in [3.63, 3.8) is 0 Å². The zero-order chi connectivity index (χ0) is 13.1. The maximum atomic E-state index is 6.02. The molecule has 1 saturated carbocycles. The lowest BCUT2D eigenvalue weighted by atomic mass is 10.3. The minimum absolute atomic E-state index is 0.414. The third kappa shape index (κ3) is 3.56. The molecule has 0 bridgehead atoms. The van der Waals surface area contributed by atoms with Crippen molar-refractivity contribution in [2.24, 2.45) is 11.8 Å². The van der Waals surface area contributed by atoms with E-state index in [0.29, 0.717) is 24.2 Å². The molecule has 18 heavy (non-hydrogen) atoms. The van der Waals surface area contributed by atoms with Crippen LogP contribution in [0.2, 0.25) is 5.15 Å². The number of hydrogen-bond donors (Lipinski definition) is 0. The number of rotatable bonds is 6. The molecule has 1 aliphatic carbocycles. The van der Waals surface area contributed by atoms with E-state index in [-0.39, 0.29) is 0 Å². The predicted molar refractivity (Wildman–Crippen MR) is 72.9 cm³/mol. The molecular formula is C13H20ClN3O. The van der Waals surface area contributed by atoms with Crippen molar-refractivity contribution < 1.29 is 4.74 Å². The van der Waals surface area contributed by atoms with Gasteiger partial charge in [0.15, 0.2) is 5.82 Å². The van der Waals surface area contributed by atoms with Crippen LogP contribution in [0.15, 0.2) is 6.07 Å². The van der Waals surface area contributed by atoms with E-state index in [4.69, 9.17) is 16.3 Å². The Morgan fingerprint density at radius 3 is 2.83 bits per heavy atom. The summed E-state index contributed by atoms with van der Waals surface area (Å²) < 4.78 is 5.32. The Hall–Kier alpha value is -0.870. The number of nitrogens with zero attached hydrogens (tertiary/aromatic N) is 3. The molecule has 1 aliphatic rings. The van der Waals surface area contributed by atoms with Crippen LogP contribution in [0.1, 0.15) is 26.1 Å². The normalized spacial score (nSPS) is 22.0. The van der Waals surface area contributed by atoms with E-state index in [2.05, 4.69) is 21.8 Å². The number of aromatic nitrogens is 2. The van der Waals surface area contributed by atoms with Crippen LogP contribution in [0.3, 0.4) is 0 Å². The molecule has 4 nitrogen and oxygen atoms in total. The van der Waals surface area contributed by atoms with Gasteiger partial charge in [-0.1, -0.05) is 18.5 Å². The van der Waals surface area contributed by atoms with Gasteiger partial charge < -0.3 is 9.64 Å². The number of hydrogen-bond acceptors (Lipinski definition) is 4. The van der Waals surface area contributed by atoms with E-state index in [1.54, 1.807) is 0 Å². The Morgan fingerprint density at radius 1 is 1.50 bits per heavy atom. The van der Waals surface area contributed by atoms with Gasteiger partial charge in [0.1, 0.15) is 17.6 Å². The summed E-state index contributed by atoms with van der Waals surface area (Å²) in [6.07, 6.45) is 1.31. The largest absolute Gasteiger partial charge is 0.374 e.